The minimum Gasteiger partial charge on any atom is -0.457 e. The van der Waals surface area contributed by atoms with Crippen LogP contribution in [0.2, 0.25) is 0 Å². The molecule has 0 radical (unpaired) electrons. The maximum Gasteiger partial charge on any atom is 0.262 e. The number of hydrogen-bond acceptors (Lipinski definition) is 5. The first-order chi connectivity index (χ1) is 9.19. The molecule has 1 aliphatic rings. The van der Waals surface area contributed by atoms with E-state index >= 15 is 0 Å². The summed E-state index contributed by atoms with van der Waals surface area (Å²) in [6, 6.07) is 1.79. The molecule has 1 fully saturated rings. The highest BCUT2D eigenvalue weighted by Gasteiger charge is 2.33. The third-order valence-corrected chi connectivity index (χ3v) is 4.33. The molecule has 0 aliphatic heterocycles. The second-order valence-electron chi connectivity index (χ2n) is 5.10. The molecule has 0 bridgehead atoms. The van der Waals surface area contributed by atoms with Crippen LogP contribution < -0.4 is 5.73 Å². The van der Waals surface area contributed by atoms with Crippen LogP contribution in [-0.4, -0.2) is 10.1 Å². The molecule has 2 aromatic rings. The van der Waals surface area contributed by atoms with E-state index in [0.717, 1.165) is 31.2 Å². The molecule has 102 valence electrons. The topological polar surface area (TPSA) is 78.1 Å². The van der Waals surface area contributed by atoms with Crippen LogP contribution in [0.5, 0.6) is 0 Å². The zero-order valence-corrected chi connectivity index (χ0v) is 12.1. The predicted octanol–water partition coefficient (Wildman–Crippen LogP) is 3.60. The van der Waals surface area contributed by atoms with Crippen LogP contribution >= 0.6 is 15.9 Å². The molecular formula is C13H16BrN3O2. The van der Waals surface area contributed by atoms with E-state index in [1.165, 1.54) is 12.8 Å². The van der Waals surface area contributed by atoms with Crippen molar-refractivity contribution in [1.29, 1.82) is 0 Å². The first-order valence-corrected chi connectivity index (χ1v) is 7.35. The molecule has 0 amide bonds. The monoisotopic (exact) mass is 325 g/mol. The van der Waals surface area contributed by atoms with Gasteiger partial charge in [-0.15, -0.1) is 0 Å². The molecule has 3 rings (SSSR count). The van der Waals surface area contributed by atoms with Gasteiger partial charge in [-0.05, 0) is 34.8 Å². The number of rotatable bonds is 2. The third kappa shape index (κ3) is 2.47. The van der Waals surface area contributed by atoms with Crippen molar-refractivity contribution in [3.63, 3.8) is 0 Å². The minimum atomic E-state index is -0.450. The van der Waals surface area contributed by atoms with Crippen molar-refractivity contribution in [2.75, 3.05) is 0 Å². The van der Waals surface area contributed by atoms with Crippen LogP contribution in [0.15, 0.2) is 25.9 Å². The van der Waals surface area contributed by atoms with Gasteiger partial charge in [-0.3, -0.25) is 0 Å². The normalized spacial score (nSPS) is 19.3. The Morgan fingerprint density at radius 3 is 2.58 bits per heavy atom. The average Bonchev–Trinajstić information content (AvgIpc) is 2.97. The molecule has 0 spiro atoms. The van der Waals surface area contributed by atoms with Gasteiger partial charge in [0, 0.05) is 0 Å². The van der Waals surface area contributed by atoms with Crippen LogP contribution in [0.25, 0.3) is 11.5 Å². The van der Waals surface area contributed by atoms with Crippen molar-refractivity contribution >= 4 is 15.9 Å². The lowest BCUT2D eigenvalue weighted by Crippen LogP contribution is -2.37. The molecule has 2 N–H and O–H groups in total. The summed E-state index contributed by atoms with van der Waals surface area (Å²) in [5.74, 6) is 1.06. The Morgan fingerprint density at radius 2 is 1.95 bits per heavy atom. The van der Waals surface area contributed by atoms with Crippen molar-refractivity contribution in [3.8, 4) is 11.5 Å². The van der Waals surface area contributed by atoms with Crippen LogP contribution in [0.4, 0.5) is 0 Å². The summed E-state index contributed by atoms with van der Waals surface area (Å²) < 4.78 is 11.1. The quantitative estimate of drug-likeness (QED) is 0.853. The Hall–Kier alpha value is -1.14. The molecule has 2 heterocycles. The highest BCUT2D eigenvalue weighted by molar-refractivity contribution is 9.10. The lowest BCUT2D eigenvalue weighted by molar-refractivity contribution is 0.334. The van der Waals surface area contributed by atoms with Crippen LogP contribution in [0.1, 0.15) is 44.3 Å². The Bertz CT molecular complexity index is 556. The zero-order valence-electron chi connectivity index (χ0n) is 10.6. The van der Waals surface area contributed by atoms with Gasteiger partial charge in [0.05, 0.1) is 17.4 Å². The molecule has 19 heavy (non-hydrogen) atoms. The first kappa shape index (κ1) is 12.9. The molecule has 0 aromatic carbocycles. The number of hydrogen-bond donors (Lipinski definition) is 1. The molecular weight excluding hydrogens is 310 g/mol. The van der Waals surface area contributed by atoms with E-state index in [0.29, 0.717) is 16.4 Å². The minimum absolute atomic E-state index is 0.449. The van der Waals surface area contributed by atoms with Gasteiger partial charge < -0.3 is 14.7 Å². The van der Waals surface area contributed by atoms with E-state index in [2.05, 4.69) is 26.1 Å². The summed E-state index contributed by atoms with van der Waals surface area (Å²) in [6.45, 7) is 0. The largest absolute Gasteiger partial charge is 0.457 e. The molecule has 6 heteroatoms. The van der Waals surface area contributed by atoms with E-state index in [4.69, 9.17) is 14.7 Å². The fourth-order valence-corrected chi connectivity index (χ4v) is 2.97. The van der Waals surface area contributed by atoms with E-state index in [9.17, 15) is 0 Å². The van der Waals surface area contributed by atoms with Crippen molar-refractivity contribution in [2.45, 2.75) is 44.1 Å². The van der Waals surface area contributed by atoms with Gasteiger partial charge in [0.2, 0.25) is 0 Å². The smallest absolute Gasteiger partial charge is 0.262 e. The fraction of sp³-hybridized carbons (Fsp3) is 0.538. The Balaban J connectivity index is 1.90. The van der Waals surface area contributed by atoms with Gasteiger partial charge >= 0.3 is 0 Å². The maximum absolute atomic E-state index is 6.46. The zero-order chi connectivity index (χ0) is 13.3. The van der Waals surface area contributed by atoms with Crippen LogP contribution in [0, 0.1) is 0 Å². The summed E-state index contributed by atoms with van der Waals surface area (Å²) in [5, 5.41) is 4.08. The fourth-order valence-electron chi connectivity index (χ4n) is 2.56. The number of furan rings is 1. The van der Waals surface area contributed by atoms with Gasteiger partial charge in [0.25, 0.3) is 5.89 Å². The molecule has 1 aliphatic carbocycles. The van der Waals surface area contributed by atoms with Crippen molar-refractivity contribution in [3.05, 3.63) is 22.8 Å². The standard InChI is InChI=1S/C13H16BrN3O2/c14-10-9(5-8-18-10)11-16-12(17-19-11)13(15)6-3-1-2-4-7-13/h5,8H,1-4,6-7,15H2. The van der Waals surface area contributed by atoms with Crippen molar-refractivity contribution in [2.24, 2.45) is 5.73 Å². The molecule has 0 saturated heterocycles. The summed E-state index contributed by atoms with van der Waals surface area (Å²) >= 11 is 3.31. The van der Waals surface area contributed by atoms with E-state index in [-0.39, 0.29) is 0 Å². The van der Waals surface area contributed by atoms with Crippen molar-refractivity contribution < 1.29 is 8.94 Å². The lowest BCUT2D eigenvalue weighted by atomic mass is 9.91. The SMILES string of the molecule is NC1(c2noc(-c3ccoc3Br)n2)CCCCCC1. The number of nitrogens with two attached hydrogens (primary N) is 1. The highest BCUT2D eigenvalue weighted by Crippen LogP contribution is 2.34. The van der Waals surface area contributed by atoms with Crippen LogP contribution in [0.3, 0.4) is 0 Å². The number of aromatic nitrogens is 2. The molecule has 0 atom stereocenters. The summed E-state index contributed by atoms with van der Waals surface area (Å²) in [7, 11) is 0. The second-order valence-corrected chi connectivity index (χ2v) is 5.82. The molecule has 0 unspecified atom stereocenters. The second kappa shape index (κ2) is 5.09. The molecule has 2 aromatic heterocycles. The van der Waals surface area contributed by atoms with E-state index < -0.39 is 5.54 Å². The summed E-state index contributed by atoms with van der Waals surface area (Å²) in [5.41, 5.74) is 6.78. The van der Waals surface area contributed by atoms with Crippen LogP contribution in [-0.2, 0) is 5.54 Å². The predicted molar refractivity (Wildman–Crippen MR) is 73.3 cm³/mol. The Labute approximate surface area is 119 Å². The van der Waals surface area contributed by atoms with Crippen molar-refractivity contribution in [1.82, 2.24) is 10.1 Å². The summed E-state index contributed by atoms with van der Waals surface area (Å²) in [6.07, 6.45) is 8.11. The Kier molecular flexibility index (Phi) is 3.45. The van der Waals surface area contributed by atoms with E-state index in [1.807, 2.05) is 0 Å². The first-order valence-electron chi connectivity index (χ1n) is 6.55. The Morgan fingerprint density at radius 1 is 1.21 bits per heavy atom. The van der Waals surface area contributed by atoms with Gasteiger partial charge in [-0.2, -0.15) is 4.98 Å². The van der Waals surface area contributed by atoms with Gasteiger partial charge in [0.1, 0.15) is 0 Å². The molecule has 5 nitrogen and oxygen atoms in total. The molecule has 1 saturated carbocycles. The lowest BCUT2D eigenvalue weighted by Gasteiger charge is -2.23. The number of halogens is 1. The third-order valence-electron chi connectivity index (χ3n) is 3.72. The average molecular weight is 326 g/mol. The number of nitrogens with zero attached hydrogens (tertiary/aromatic N) is 2. The van der Waals surface area contributed by atoms with E-state index in [1.54, 1.807) is 12.3 Å². The maximum atomic E-state index is 6.46. The van der Waals surface area contributed by atoms with Gasteiger partial charge in [-0.25, -0.2) is 0 Å². The van der Waals surface area contributed by atoms with Gasteiger partial charge in [-0.1, -0.05) is 30.8 Å². The van der Waals surface area contributed by atoms with Gasteiger partial charge in [0.15, 0.2) is 10.5 Å². The highest BCUT2D eigenvalue weighted by atomic mass is 79.9. The summed E-state index contributed by atoms with van der Waals surface area (Å²) in [4.78, 5) is 4.46.